The van der Waals surface area contributed by atoms with Crippen LogP contribution in [0, 0.1) is 6.92 Å². The monoisotopic (exact) mass is 447 g/mol. The molecule has 0 saturated carbocycles. The Morgan fingerprint density at radius 3 is 2.85 bits per heavy atom. The summed E-state index contributed by atoms with van der Waals surface area (Å²) < 4.78 is 11.5. The van der Waals surface area contributed by atoms with Crippen molar-refractivity contribution < 1.29 is 18.8 Å². The van der Waals surface area contributed by atoms with E-state index in [9.17, 15) is 14.4 Å². The molecule has 0 atom stereocenters. The van der Waals surface area contributed by atoms with Gasteiger partial charge in [-0.3, -0.25) is 14.6 Å². The number of hydrogen-bond donors (Lipinski definition) is 0. The van der Waals surface area contributed by atoms with E-state index in [2.05, 4.69) is 15.1 Å². The van der Waals surface area contributed by atoms with Crippen molar-refractivity contribution >= 4 is 29.0 Å². The molecule has 10 heteroatoms. The number of benzene rings is 1. The number of ether oxygens (including phenoxy) is 1. The Morgan fingerprint density at radius 1 is 1.27 bits per heavy atom. The molecule has 0 aliphatic heterocycles. The number of fused-ring (bicyclic) bond motifs is 1. The molecule has 4 aromatic rings. The first kappa shape index (κ1) is 21.9. The van der Waals surface area contributed by atoms with Gasteiger partial charge in [0.2, 0.25) is 18.1 Å². The predicted molar refractivity (Wildman–Crippen MR) is 120 cm³/mol. The van der Waals surface area contributed by atoms with Crippen LogP contribution in [0.5, 0.6) is 0 Å². The molecule has 3 aromatic heterocycles. The smallest absolute Gasteiger partial charge is 0.339 e. The first-order chi connectivity index (χ1) is 16.0. The Kier molecular flexibility index (Phi) is 6.25. The molecule has 0 N–H and O–H groups in total. The highest BCUT2D eigenvalue weighted by Crippen LogP contribution is 2.22. The number of aromatic nitrogens is 4. The van der Waals surface area contributed by atoms with Gasteiger partial charge in [-0.25, -0.2) is 4.79 Å². The second-order valence-electron chi connectivity index (χ2n) is 7.18. The van der Waals surface area contributed by atoms with Crippen molar-refractivity contribution in [3.63, 3.8) is 0 Å². The number of esters is 1. The molecule has 0 aliphatic carbocycles. The lowest BCUT2D eigenvalue weighted by Crippen LogP contribution is -2.30. The molecular formula is C23H21N5O5. The number of carbonyl (C=O) groups is 2. The van der Waals surface area contributed by atoms with Crippen molar-refractivity contribution in [1.82, 2.24) is 19.7 Å². The molecule has 33 heavy (non-hydrogen) atoms. The van der Waals surface area contributed by atoms with E-state index in [0.717, 1.165) is 0 Å². The third-order valence-electron chi connectivity index (χ3n) is 5.01. The number of carbonyl (C=O) groups excluding carboxylic acids is 2. The maximum absolute atomic E-state index is 13.0. The molecule has 10 nitrogen and oxygen atoms in total. The zero-order valence-electron chi connectivity index (χ0n) is 18.1. The normalized spacial score (nSPS) is 10.8. The lowest BCUT2D eigenvalue weighted by Gasteiger charge is -2.18. The molecule has 1 aromatic carbocycles. The summed E-state index contributed by atoms with van der Waals surface area (Å²) in [6.45, 7) is 4.12. The van der Waals surface area contributed by atoms with Crippen LogP contribution in [0.1, 0.15) is 23.2 Å². The summed E-state index contributed by atoms with van der Waals surface area (Å²) >= 11 is 0. The van der Waals surface area contributed by atoms with Gasteiger partial charge in [0.15, 0.2) is 0 Å². The van der Waals surface area contributed by atoms with E-state index >= 15 is 0 Å². The highest BCUT2D eigenvalue weighted by Gasteiger charge is 2.13. The predicted octanol–water partition coefficient (Wildman–Crippen LogP) is 2.59. The molecule has 0 saturated heterocycles. The summed E-state index contributed by atoms with van der Waals surface area (Å²) in [5.41, 5.74) is 1.71. The quantitative estimate of drug-likeness (QED) is 0.299. The van der Waals surface area contributed by atoms with Crippen molar-refractivity contribution in [3.05, 3.63) is 70.6 Å². The van der Waals surface area contributed by atoms with Gasteiger partial charge in [-0.1, -0.05) is 17.3 Å². The van der Waals surface area contributed by atoms with Crippen LogP contribution >= 0.6 is 0 Å². The Morgan fingerprint density at radius 2 is 2.12 bits per heavy atom. The highest BCUT2D eigenvalue weighted by molar-refractivity contribution is 5.93. The van der Waals surface area contributed by atoms with Gasteiger partial charge in [0.25, 0.3) is 5.56 Å². The minimum atomic E-state index is -0.537. The molecule has 0 bridgehead atoms. The second-order valence-corrected chi connectivity index (χ2v) is 7.18. The van der Waals surface area contributed by atoms with E-state index < -0.39 is 5.97 Å². The summed E-state index contributed by atoms with van der Waals surface area (Å²) in [4.78, 5) is 46.6. The lowest BCUT2D eigenvalue weighted by atomic mass is 10.2. The van der Waals surface area contributed by atoms with Crippen molar-refractivity contribution in [2.24, 2.45) is 0 Å². The van der Waals surface area contributed by atoms with E-state index in [-0.39, 0.29) is 30.8 Å². The minimum Gasteiger partial charge on any atom is -0.462 e. The average Bonchev–Trinajstić information content (AvgIpc) is 3.27. The third kappa shape index (κ3) is 4.64. The van der Waals surface area contributed by atoms with Gasteiger partial charge in [-0.2, -0.15) is 4.98 Å². The Hall–Kier alpha value is -4.34. The second kappa shape index (κ2) is 9.43. The van der Waals surface area contributed by atoms with Crippen LogP contribution in [-0.4, -0.2) is 45.2 Å². The number of nitrogens with zero attached hydrogens (tertiary/aromatic N) is 5. The number of aryl methyl sites for hydroxylation is 1. The summed E-state index contributed by atoms with van der Waals surface area (Å²) in [6, 6.07) is 10.3. The first-order valence-corrected chi connectivity index (χ1v) is 10.3. The molecule has 168 valence electrons. The van der Waals surface area contributed by atoms with E-state index in [4.69, 9.17) is 9.26 Å². The van der Waals surface area contributed by atoms with Crippen molar-refractivity contribution in [1.29, 1.82) is 0 Å². The molecule has 4 rings (SSSR count). The number of amides is 1. The van der Waals surface area contributed by atoms with Gasteiger partial charge in [0.1, 0.15) is 0 Å². The van der Waals surface area contributed by atoms with Crippen LogP contribution < -0.4 is 10.5 Å². The summed E-state index contributed by atoms with van der Waals surface area (Å²) in [5, 5.41) is 4.20. The maximum Gasteiger partial charge on any atom is 0.339 e. The number of rotatable bonds is 8. The van der Waals surface area contributed by atoms with Crippen LogP contribution in [0.15, 0.2) is 58.1 Å². The van der Waals surface area contributed by atoms with Crippen LogP contribution in [-0.2, 0) is 16.1 Å². The molecule has 3 heterocycles. The lowest BCUT2D eigenvalue weighted by molar-refractivity contribution is -0.107. The molecular weight excluding hydrogens is 426 g/mol. The van der Waals surface area contributed by atoms with E-state index in [1.54, 1.807) is 44.3 Å². The zero-order chi connectivity index (χ0) is 23.4. The van der Waals surface area contributed by atoms with E-state index in [0.29, 0.717) is 40.3 Å². The molecule has 0 spiro atoms. The Labute approximate surface area is 188 Å². The fourth-order valence-electron chi connectivity index (χ4n) is 3.36. The molecule has 1 amide bonds. The van der Waals surface area contributed by atoms with Gasteiger partial charge in [0.05, 0.1) is 23.1 Å². The summed E-state index contributed by atoms with van der Waals surface area (Å²) in [5.74, 6) is 0.334. The van der Waals surface area contributed by atoms with Crippen molar-refractivity contribution in [3.8, 4) is 11.4 Å². The van der Waals surface area contributed by atoms with Crippen LogP contribution in [0.4, 0.5) is 5.69 Å². The van der Waals surface area contributed by atoms with Crippen LogP contribution in [0.25, 0.3) is 22.3 Å². The minimum absolute atomic E-state index is 0.210. The van der Waals surface area contributed by atoms with E-state index in [1.165, 1.54) is 21.7 Å². The Balaban J connectivity index is 1.57. The van der Waals surface area contributed by atoms with Gasteiger partial charge in [0, 0.05) is 43.7 Å². The van der Waals surface area contributed by atoms with Gasteiger partial charge < -0.3 is 18.7 Å². The summed E-state index contributed by atoms with van der Waals surface area (Å²) in [6.07, 6.45) is 3.70. The van der Waals surface area contributed by atoms with Gasteiger partial charge in [-0.05, 0) is 31.2 Å². The fourth-order valence-corrected chi connectivity index (χ4v) is 3.36. The SMILES string of the molecule is CCOC(=O)c1cnc2ccn(CCN(C=O)c3cccc(-c4noc(C)n4)c3)c(=O)c2c1. The van der Waals surface area contributed by atoms with Gasteiger partial charge >= 0.3 is 5.97 Å². The number of anilines is 1. The van der Waals surface area contributed by atoms with Crippen molar-refractivity contribution in [2.45, 2.75) is 20.4 Å². The topological polar surface area (TPSA) is 120 Å². The average molecular weight is 447 g/mol. The number of pyridine rings is 2. The van der Waals surface area contributed by atoms with E-state index in [1.807, 2.05) is 6.07 Å². The van der Waals surface area contributed by atoms with Crippen LogP contribution in [0.2, 0.25) is 0 Å². The van der Waals surface area contributed by atoms with Crippen LogP contribution in [0.3, 0.4) is 0 Å². The third-order valence-corrected chi connectivity index (χ3v) is 5.01. The zero-order valence-corrected chi connectivity index (χ0v) is 18.1. The largest absolute Gasteiger partial charge is 0.462 e. The molecule has 0 fully saturated rings. The maximum atomic E-state index is 13.0. The van der Waals surface area contributed by atoms with Crippen molar-refractivity contribution in [2.75, 3.05) is 18.1 Å². The molecule has 0 aliphatic rings. The number of hydrogen-bond acceptors (Lipinski definition) is 8. The highest BCUT2D eigenvalue weighted by atomic mass is 16.5. The van der Waals surface area contributed by atoms with Gasteiger partial charge in [-0.15, -0.1) is 0 Å². The molecule has 0 radical (unpaired) electrons. The fraction of sp³-hybridized carbons (Fsp3) is 0.217. The first-order valence-electron chi connectivity index (χ1n) is 10.3. The molecule has 0 unspecified atom stereocenters. The standard InChI is InChI=1S/C23H21N5O5/c1-3-32-23(31)17-12-19-20(24-13-17)7-8-27(22(19)30)9-10-28(14-29)18-6-4-5-16(11-18)21-25-15(2)33-26-21/h4-8,11-14H,3,9-10H2,1-2H3. The summed E-state index contributed by atoms with van der Waals surface area (Å²) in [7, 11) is 0. The Bertz CT molecular complexity index is 1380.